The van der Waals surface area contributed by atoms with Crippen molar-refractivity contribution in [2.45, 2.75) is 19.5 Å². The topological polar surface area (TPSA) is 105 Å². The van der Waals surface area contributed by atoms with Gasteiger partial charge < -0.3 is 9.64 Å². The van der Waals surface area contributed by atoms with E-state index in [1.807, 2.05) is 6.07 Å². The van der Waals surface area contributed by atoms with Crippen LogP contribution in [0.15, 0.2) is 65.5 Å². The third-order valence-electron chi connectivity index (χ3n) is 4.86. The number of para-hydroxylation sites is 1. The number of hydrogen-bond donors (Lipinski definition) is 0. The Morgan fingerprint density at radius 2 is 1.83 bits per heavy atom. The van der Waals surface area contributed by atoms with E-state index < -0.39 is 41.3 Å². The normalized spacial score (nSPS) is 10.9. The van der Waals surface area contributed by atoms with Crippen molar-refractivity contribution in [2.24, 2.45) is 0 Å². The number of halogens is 3. The van der Waals surface area contributed by atoms with Gasteiger partial charge in [0.25, 0.3) is 5.91 Å². The second-order valence-corrected chi connectivity index (χ2v) is 7.32. The molecule has 35 heavy (non-hydrogen) atoms. The van der Waals surface area contributed by atoms with Crippen molar-refractivity contribution >= 4 is 17.6 Å². The molecule has 0 spiro atoms. The van der Waals surface area contributed by atoms with Crippen molar-refractivity contribution < 1.29 is 27.5 Å². The lowest BCUT2D eigenvalue weighted by Gasteiger charge is -2.21. The van der Waals surface area contributed by atoms with Gasteiger partial charge in [0.05, 0.1) is 23.7 Å². The van der Waals surface area contributed by atoms with Crippen LogP contribution in [0.2, 0.25) is 0 Å². The Labute approximate surface area is 197 Å². The zero-order valence-corrected chi connectivity index (χ0v) is 18.5. The fraction of sp³-hybridized carbons (Fsp3) is 0.208. The van der Waals surface area contributed by atoms with Gasteiger partial charge in [-0.1, -0.05) is 24.3 Å². The van der Waals surface area contributed by atoms with Crippen molar-refractivity contribution in [3.8, 4) is 11.8 Å². The lowest BCUT2D eigenvalue weighted by atomic mass is 10.2. The molecule has 1 amide bonds. The lowest BCUT2D eigenvalue weighted by Crippen LogP contribution is -2.36. The number of benzene rings is 2. The molecule has 1 heterocycles. The van der Waals surface area contributed by atoms with Gasteiger partial charge in [-0.15, -0.1) is 0 Å². The standard InChI is InChI=1S/C24H19F3N4O4/c1-16-13-20(32)22(29-31(16)19-10-5-7-17(14-19)24(25,26)27)23(34)35-15-21(33)30(12-6-11-28)18-8-3-2-4-9-18/h2-5,7-10,13-14H,6,12,15H2,1H3. The quantitative estimate of drug-likeness (QED) is 0.474. The van der Waals surface area contributed by atoms with E-state index in [1.54, 1.807) is 30.3 Å². The number of anilines is 1. The molecule has 0 fully saturated rings. The minimum atomic E-state index is -4.60. The van der Waals surface area contributed by atoms with Gasteiger partial charge in [-0.25, -0.2) is 9.48 Å². The van der Waals surface area contributed by atoms with Crippen LogP contribution < -0.4 is 10.3 Å². The highest BCUT2D eigenvalue weighted by Crippen LogP contribution is 2.30. The molecule has 2 aromatic carbocycles. The van der Waals surface area contributed by atoms with Gasteiger partial charge in [0, 0.05) is 24.0 Å². The molecule has 0 aliphatic heterocycles. The molecule has 3 rings (SSSR count). The number of carbonyl (C=O) groups is 2. The maximum absolute atomic E-state index is 13.1. The minimum absolute atomic E-state index is 0.0193. The number of aromatic nitrogens is 2. The summed E-state index contributed by atoms with van der Waals surface area (Å²) in [6.45, 7) is 0.764. The van der Waals surface area contributed by atoms with Crippen molar-refractivity contribution in [3.05, 3.63) is 87.8 Å². The smallest absolute Gasteiger partial charge is 0.416 e. The molecular formula is C24H19F3N4O4. The molecule has 0 aliphatic rings. The summed E-state index contributed by atoms with van der Waals surface area (Å²) in [5.41, 5.74) is -1.77. The Morgan fingerprint density at radius 1 is 1.11 bits per heavy atom. The predicted molar refractivity (Wildman–Crippen MR) is 119 cm³/mol. The van der Waals surface area contributed by atoms with Crippen LogP contribution in [-0.2, 0) is 15.7 Å². The van der Waals surface area contributed by atoms with Crippen molar-refractivity contribution in [2.75, 3.05) is 18.1 Å². The van der Waals surface area contributed by atoms with Gasteiger partial charge in [0.1, 0.15) is 0 Å². The first-order valence-electron chi connectivity index (χ1n) is 10.3. The van der Waals surface area contributed by atoms with Gasteiger partial charge in [0.15, 0.2) is 6.61 Å². The number of nitriles is 1. The van der Waals surface area contributed by atoms with E-state index in [9.17, 15) is 27.6 Å². The molecule has 0 saturated carbocycles. The van der Waals surface area contributed by atoms with Gasteiger partial charge in [-0.2, -0.15) is 23.5 Å². The molecule has 0 saturated heterocycles. The second kappa shape index (κ2) is 10.6. The van der Waals surface area contributed by atoms with E-state index in [-0.39, 0.29) is 24.3 Å². The number of aryl methyl sites for hydroxylation is 1. The van der Waals surface area contributed by atoms with E-state index >= 15 is 0 Å². The Kier molecular flexibility index (Phi) is 7.66. The summed E-state index contributed by atoms with van der Waals surface area (Å²) in [6.07, 6.45) is -4.56. The van der Waals surface area contributed by atoms with Crippen LogP contribution in [-0.4, -0.2) is 34.8 Å². The first-order valence-corrected chi connectivity index (χ1v) is 10.3. The van der Waals surface area contributed by atoms with Gasteiger partial charge in [0.2, 0.25) is 11.1 Å². The summed E-state index contributed by atoms with van der Waals surface area (Å²) in [7, 11) is 0. The Balaban J connectivity index is 1.83. The third kappa shape index (κ3) is 6.11. The van der Waals surface area contributed by atoms with Crippen LogP contribution >= 0.6 is 0 Å². The molecule has 180 valence electrons. The average Bonchev–Trinajstić information content (AvgIpc) is 2.83. The molecule has 8 nitrogen and oxygen atoms in total. The number of hydrogen-bond acceptors (Lipinski definition) is 6. The highest BCUT2D eigenvalue weighted by Gasteiger charge is 2.31. The fourth-order valence-electron chi connectivity index (χ4n) is 3.21. The number of amides is 1. The van der Waals surface area contributed by atoms with Crippen LogP contribution in [0.1, 0.15) is 28.2 Å². The fourth-order valence-corrected chi connectivity index (χ4v) is 3.21. The van der Waals surface area contributed by atoms with Gasteiger partial charge in [-0.05, 0) is 37.3 Å². The largest absolute Gasteiger partial charge is 0.451 e. The summed E-state index contributed by atoms with van der Waals surface area (Å²) in [5.74, 6) is -1.84. The molecule has 11 heteroatoms. The van der Waals surface area contributed by atoms with Gasteiger partial charge in [-0.3, -0.25) is 9.59 Å². The summed E-state index contributed by atoms with van der Waals surface area (Å²) in [5, 5.41) is 12.8. The van der Waals surface area contributed by atoms with E-state index in [2.05, 4.69) is 5.10 Å². The molecule has 0 N–H and O–H groups in total. The first-order chi connectivity index (χ1) is 16.6. The number of esters is 1. The number of alkyl halides is 3. The maximum Gasteiger partial charge on any atom is 0.416 e. The zero-order valence-electron chi connectivity index (χ0n) is 18.5. The highest BCUT2D eigenvalue weighted by molar-refractivity contribution is 5.96. The van der Waals surface area contributed by atoms with Crippen LogP contribution in [0.25, 0.3) is 5.69 Å². The SMILES string of the molecule is Cc1cc(=O)c(C(=O)OCC(=O)N(CCC#N)c2ccccc2)nn1-c1cccc(C(F)(F)F)c1. The van der Waals surface area contributed by atoms with E-state index in [0.29, 0.717) is 5.69 Å². The van der Waals surface area contributed by atoms with Crippen molar-refractivity contribution in [3.63, 3.8) is 0 Å². The van der Waals surface area contributed by atoms with Crippen molar-refractivity contribution in [1.82, 2.24) is 9.78 Å². The number of carbonyl (C=O) groups excluding carboxylic acids is 2. The van der Waals surface area contributed by atoms with E-state index in [1.165, 1.54) is 24.0 Å². The van der Waals surface area contributed by atoms with Crippen LogP contribution in [0.5, 0.6) is 0 Å². The molecule has 0 unspecified atom stereocenters. The monoisotopic (exact) mass is 484 g/mol. The Hall–Kier alpha value is -4.46. The molecule has 0 atom stereocenters. The maximum atomic E-state index is 13.1. The zero-order chi connectivity index (χ0) is 25.6. The molecular weight excluding hydrogens is 465 g/mol. The number of ether oxygens (including phenoxy) is 1. The van der Waals surface area contributed by atoms with Crippen LogP contribution in [0.3, 0.4) is 0 Å². The third-order valence-corrected chi connectivity index (χ3v) is 4.86. The summed E-state index contributed by atoms with van der Waals surface area (Å²) >= 11 is 0. The molecule has 0 radical (unpaired) electrons. The van der Waals surface area contributed by atoms with Crippen LogP contribution in [0, 0.1) is 18.3 Å². The lowest BCUT2D eigenvalue weighted by molar-refractivity contribution is -0.137. The van der Waals surface area contributed by atoms with Crippen LogP contribution in [0.4, 0.5) is 18.9 Å². The van der Waals surface area contributed by atoms with E-state index in [0.717, 1.165) is 22.9 Å². The van der Waals surface area contributed by atoms with Gasteiger partial charge >= 0.3 is 12.1 Å². The summed E-state index contributed by atoms with van der Waals surface area (Å²) < 4.78 is 45.3. The minimum Gasteiger partial charge on any atom is -0.451 e. The number of nitrogens with zero attached hydrogens (tertiary/aromatic N) is 4. The second-order valence-electron chi connectivity index (χ2n) is 7.32. The Bertz CT molecular complexity index is 1330. The molecule has 0 aliphatic carbocycles. The summed E-state index contributed by atoms with van der Waals surface area (Å²) in [4.78, 5) is 38.8. The summed E-state index contributed by atoms with van der Waals surface area (Å²) in [6, 6.07) is 15.6. The highest BCUT2D eigenvalue weighted by atomic mass is 19.4. The average molecular weight is 484 g/mol. The van der Waals surface area contributed by atoms with E-state index in [4.69, 9.17) is 10.00 Å². The molecule has 3 aromatic rings. The molecule has 1 aromatic heterocycles. The molecule has 0 bridgehead atoms. The number of rotatable bonds is 7. The van der Waals surface area contributed by atoms with Crippen molar-refractivity contribution in [1.29, 1.82) is 5.26 Å². The predicted octanol–water partition coefficient (Wildman–Crippen LogP) is 3.66. The Morgan fingerprint density at radius 3 is 2.49 bits per heavy atom. The first kappa shape index (κ1) is 25.2.